The Balaban J connectivity index is 2.65. The standard InChI is InChI=1S/C20H20BrClN2O5/c1-3-9-20(4-2,14-7-5-6-8-15(14)22)19(27)23-17-13(18(25)26)10-12(21)11-16(17)24(28)29/h5-8,10-11H,3-4,9H2,1-2H3,(H,23,27)(H,25,26). The van der Waals surface area contributed by atoms with Gasteiger partial charge in [-0.25, -0.2) is 4.79 Å². The maximum atomic E-state index is 13.4. The molecule has 7 nitrogen and oxygen atoms in total. The number of nitro benzene ring substituents is 1. The number of anilines is 1. The Labute approximate surface area is 181 Å². The molecule has 2 N–H and O–H groups in total. The summed E-state index contributed by atoms with van der Waals surface area (Å²) in [7, 11) is 0. The highest BCUT2D eigenvalue weighted by molar-refractivity contribution is 9.10. The smallest absolute Gasteiger partial charge is 0.338 e. The predicted molar refractivity (Wildman–Crippen MR) is 115 cm³/mol. The lowest BCUT2D eigenvalue weighted by Crippen LogP contribution is -2.40. The Bertz CT molecular complexity index is 931. The summed E-state index contributed by atoms with van der Waals surface area (Å²) in [6.45, 7) is 3.74. The van der Waals surface area contributed by atoms with E-state index >= 15 is 0 Å². The Kier molecular flexibility index (Phi) is 7.37. The van der Waals surface area contributed by atoms with Gasteiger partial charge in [-0.3, -0.25) is 14.9 Å². The molecule has 2 aromatic carbocycles. The lowest BCUT2D eigenvalue weighted by molar-refractivity contribution is -0.384. The zero-order valence-corrected chi connectivity index (χ0v) is 18.2. The van der Waals surface area contributed by atoms with Crippen LogP contribution in [0.2, 0.25) is 5.02 Å². The summed E-state index contributed by atoms with van der Waals surface area (Å²) >= 11 is 9.44. The summed E-state index contributed by atoms with van der Waals surface area (Å²) in [5.74, 6) is -1.93. The molecule has 9 heteroatoms. The number of halogens is 2. The van der Waals surface area contributed by atoms with Crippen molar-refractivity contribution in [2.24, 2.45) is 0 Å². The molecule has 0 bridgehead atoms. The molecular weight excluding hydrogens is 464 g/mol. The number of carbonyl (C=O) groups excluding carboxylic acids is 1. The molecule has 0 radical (unpaired) electrons. The summed E-state index contributed by atoms with van der Waals surface area (Å²) in [4.78, 5) is 35.9. The molecule has 1 atom stereocenters. The van der Waals surface area contributed by atoms with Crippen LogP contribution >= 0.6 is 27.5 Å². The van der Waals surface area contributed by atoms with Gasteiger partial charge in [-0.05, 0) is 30.5 Å². The molecule has 0 heterocycles. The number of hydrogen-bond donors (Lipinski definition) is 2. The van der Waals surface area contributed by atoms with E-state index in [1.807, 2.05) is 13.8 Å². The van der Waals surface area contributed by atoms with Gasteiger partial charge in [0.2, 0.25) is 5.91 Å². The number of amides is 1. The largest absolute Gasteiger partial charge is 0.478 e. The zero-order chi connectivity index (χ0) is 21.8. The van der Waals surface area contributed by atoms with Gasteiger partial charge in [0, 0.05) is 15.6 Å². The van der Waals surface area contributed by atoms with E-state index in [9.17, 15) is 24.8 Å². The Morgan fingerprint density at radius 1 is 1.28 bits per heavy atom. The van der Waals surface area contributed by atoms with Crippen molar-refractivity contribution in [3.8, 4) is 0 Å². The Morgan fingerprint density at radius 3 is 2.45 bits per heavy atom. The van der Waals surface area contributed by atoms with Gasteiger partial charge >= 0.3 is 5.97 Å². The third-order valence-electron chi connectivity index (χ3n) is 4.85. The van der Waals surface area contributed by atoms with Crippen LogP contribution in [0.4, 0.5) is 11.4 Å². The van der Waals surface area contributed by atoms with Crippen LogP contribution in [-0.4, -0.2) is 21.9 Å². The maximum absolute atomic E-state index is 13.4. The molecule has 2 aromatic rings. The molecule has 29 heavy (non-hydrogen) atoms. The number of nitrogens with one attached hydrogen (secondary N) is 1. The molecule has 0 aliphatic heterocycles. The van der Waals surface area contributed by atoms with Crippen LogP contribution in [0.5, 0.6) is 0 Å². The number of nitrogens with zero attached hydrogens (tertiary/aromatic N) is 1. The van der Waals surface area contributed by atoms with Gasteiger partial charge in [-0.15, -0.1) is 0 Å². The van der Waals surface area contributed by atoms with Crippen LogP contribution in [0.3, 0.4) is 0 Å². The second-order valence-electron chi connectivity index (χ2n) is 6.53. The van der Waals surface area contributed by atoms with Gasteiger partial charge in [-0.1, -0.05) is 66.0 Å². The molecule has 1 amide bonds. The number of hydrogen-bond acceptors (Lipinski definition) is 4. The van der Waals surface area contributed by atoms with Gasteiger partial charge in [0.15, 0.2) is 0 Å². The van der Waals surface area contributed by atoms with E-state index in [2.05, 4.69) is 21.2 Å². The Hall–Kier alpha value is -2.45. The fraction of sp³-hybridized carbons (Fsp3) is 0.300. The van der Waals surface area contributed by atoms with Crippen molar-refractivity contribution in [2.45, 2.75) is 38.5 Å². The highest BCUT2D eigenvalue weighted by Gasteiger charge is 2.40. The summed E-state index contributed by atoms with van der Waals surface area (Å²) in [5.41, 5.74) is -1.70. The van der Waals surface area contributed by atoms with E-state index < -0.39 is 27.9 Å². The number of benzene rings is 2. The summed E-state index contributed by atoms with van der Waals surface area (Å²) in [6.07, 6.45) is 1.47. The molecule has 1 unspecified atom stereocenters. The molecule has 0 aliphatic carbocycles. The maximum Gasteiger partial charge on any atom is 0.338 e. The molecule has 0 saturated carbocycles. The fourth-order valence-corrected chi connectivity index (χ4v) is 4.21. The van der Waals surface area contributed by atoms with E-state index in [1.54, 1.807) is 24.3 Å². The predicted octanol–water partition coefficient (Wildman–Crippen LogP) is 5.80. The third kappa shape index (κ3) is 4.59. The van der Waals surface area contributed by atoms with Crippen LogP contribution in [0.1, 0.15) is 49.0 Å². The molecule has 0 aliphatic rings. The van der Waals surface area contributed by atoms with Crippen molar-refractivity contribution in [2.75, 3.05) is 5.32 Å². The van der Waals surface area contributed by atoms with E-state index in [4.69, 9.17) is 11.6 Å². The molecule has 0 saturated heterocycles. The van der Waals surface area contributed by atoms with Gasteiger partial charge in [0.05, 0.1) is 15.9 Å². The lowest BCUT2D eigenvalue weighted by atomic mass is 9.73. The van der Waals surface area contributed by atoms with Crippen LogP contribution < -0.4 is 5.32 Å². The summed E-state index contributed by atoms with van der Waals surface area (Å²) in [5, 5.41) is 24.0. The first-order chi connectivity index (χ1) is 13.7. The monoisotopic (exact) mass is 482 g/mol. The van der Waals surface area contributed by atoms with Crippen molar-refractivity contribution in [1.29, 1.82) is 0 Å². The van der Waals surface area contributed by atoms with Crippen LogP contribution in [-0.2, 0) is 10.2 Å². The number of rotatable bonds is 8. The highest BCUT2D eigenvalue weighted by atomic mass is 79.9. The number of nitro groups is 1. The first-order valence-electron chi connectivity index (χ1n) is 8.95. The fourth-order valence-electron chi connectivity index (χ4n) is 3.44. The second kappa shape index (κ2) is 9.37. The molecule has 2 rings (SSSR count). The second-order valence-corrected chi connectivity index (χ2v) is 7.85. The normalized spacial score (nSPS) is 12.8. The summed E-state index contributed by atoms with van der Waals surface area (Å²) < 4.78 is 0.223. The number of carbonyl (C=O) groups is 2. The number of carboxylic acid groups (broad SMARTS) is 1. The SMILES string of the molecule is CCCC(CC)(C(=O)Nc1c(C(=O)O)cc(Br)cc1[N+](=O)[O-])c1ccccc1Cl. The lowest BCUT2D eigenvalue weighted by Gasteiger charge is -2.32. The van der Waals surface area contributed by atoms with Crippen molar-refractivity contribution in [3.63, 3.8) is 0 Å². The zero-order valence-electron chi connectivity index (χ0n) is 15.9. The minimum atomic E-state index is -1.39. The number of aromatic carboxylic acids is 1. The van der Waals surface area contributed by atoms with Gasteiger partial charge in [0.1, 0.15) is 5.69 Å². The summed E-state index contributed by atoms with van der Waals surface area (Å²) in [6, 6.07) is 9.31. The van der Waals surface area contributed by atoms with Crippen molar-refractivity contribution >= 4 is 50.8 Å². The van der Waals surface area contributed by atoms with Crippen molar-refractivity contribution in [1.82, 2.24) is 0 Å². The quantitative estimate of drug-likeness (QED) is 0.364. The average Bonchev–Trinajstić information content (AvgIpc) is 2.67. The van der Waals surface area contributed by atoms with E-state index in [0.29, 0.717) is 29.8 Å². The minimum Gasteiger partial charge on any atom is -0.478 e. The van der Waals surface area contributed by atoms with Gasteiger partial charge < -0.3 is 10.4 Å². The van der Waals surface area contributed by atoms with Gasteiger partial charge in [-0.2, -0.15) is 0 Å². The van der Waals surface area contributed by atoms with Crippen LogP contribution in [0, 0.1) is 10.1 Å². The van der Waals surface area contributed by atoms with E-state index in [0.717, 1.165) is 6.07 Å². The van der Waals surface area contributed by atoms with E-state index in [1.165, 1.54) is 6.07 Å². The Morgan fingerprint density at radius 2 is 1.93 bits per heavy atom. The highest BCUT2D eigenvalue weighted by Crippen LogP contribution is 2.40. The van der Waals surface area contributed by atoms with E-state index in [-0.39, 0.29) is 15.7 Å². The molecular formula is C20H20BrClN2O5. The van der Waals surface area contributed by atoms with Crippen molar-refractivity contribution in [3.05, 3.63) is 67.1 Å². The number of carboxylic acids is 1. The third-order valence-corrected chi connectivity index (χ3v) is 5.64. The molecule has 154 valence electrons. The van der Waals surface area contributed by atoms with Crippen molar-refractivity contribution < 1.29 is 19.6 Å². The molecule has 0 aromatic heterocycles. The average molecular weight is 484 g/mol. The molecule has 0 fully saturated rings. The topological polar surface area (TPSA) is 110 Å². The first-order valence-corrected chi connectivity index (χ1v) is 10.1. The molecule has 0 spiro atoms. The van der Waals surface area contributed by atoms with Crippen LogP contribution in [0.15, 0.2) is 40.9 Å². The van der Waals surface area contributed by atoms with Gasteiger partial charge in [0.25, 0.3) is 5.69 Å². The van der Waals surface area contributed by atoms with Crippen LogP contribution in [0.25, 0.3) is 0 Å². The first kappa shape index (κ1) is 22.8. The minimum absolute atomic E-state index is 0.223.